The van der Waals surface area contributed by atoms with E-state index in [1.807, 2.05) is 11.8 Å². The fourth-order valence-corrected chi connectivity index (χ4v) is 3.12. The lowest BCUT2D eigenvalue weighted by Gasteiger charge is -2.22. The average Bonchev–Trinajstić information content (AvgIpc) is 2.46. The Morgan fingerprint density at radius 3 is 3.05 bits per heavy atom. The molecule has 20 heavy (non-hydrogen) atoms. The summed E-state index contributed by atoms with van der Waals surface area (Å²) in [5.41, 5.74) is 5.86. The second kappa shape index (κ2) is 7.32. The second-order valence-electron chi connectivity index (χ2n) is 4.59. The Labute approximate surface area is 122 Å². The highest BCUT2D eigenvalue weighted by atomic mass is 32.2. The van der Waals surface area contributed by atoms with Crippen LogP contribution in [0.3, 0.4) is 0 Å². The third-order valence-electron chi connectivity index (χ3n) is 3.04. The maximum Gasteiger partial charge on any atom is 0.254 e. The molecule has 1 atom stereocenters. The molecule has 3 nitrogen and oxygen atoms in total. The molecule has 1 fully saturated rings. The summed E-state index contributed by atoms with van der Waals surface area (Å²) in [5, 5.41) is 2.88. The van der Waals surface area contributed by atoms with E-state index in [1.165, 1.54) is 12.1 Å². The molecule has 2 rings (SSSR count). The molecule has 0 saturated carbocycles. The lowest BCUT2D eigenvalue weighted by atomic mass is 10.1. The zero-order valence-electron chi connectivity index (χ0n) is 11.1. The van der Waals surface area contributed by atoms with Crippen molar-refractivity contribution in [2.75, 3.05) is 18.1 Å². The van der Waals surface area contributed by atoms with E-state index in [9.17, 15) is 9.18 Å². The van der Waals surface area contributed by atoms with Gasteiger partial charge in [-0.25, -0.2) is 4.39 Å². The number of carbonyl (C=O) groups is 1. The maximum absolute atomic E-state index is 13.9. The second-order valence-corrected chi connectivity index (χ2v) is 5.74. The Bertz CT molecular complexity index is 545. The number of benzene rings is 1. The Kier molecular flexibility index (Phi) is 5.45. The summed E-state index contributed by atoms with van der Waals surface area (Å²) in [6, 6.07) is 4.52. The van der Waals surface area contributed by atoms with Gasteiger partial charge in [-0.05, 0) is 36.8 Å². The van der Waals surface area contributed by atoms with Crippen molar-refractivity contribution >= 4 is 17.7 Å². The molecule has 1 aromatic carbocycles. The van der Waals surface area contributed by atoms with Crippen LogP contribution < -0.4 is 11.1 Å². The van der Waals surface area contributed by atoms with Crippen LogP contribution in [-0.4, -0.2) is 30.0 Å². The first-order chi connectivity index (χ1) is 9.70. The minimum atomic E-state index is -0.546. The van der Waals surface area contributed by atoms with Gasteiger partial charge >= 0.3 is 0 Å². The van der Waals surface area contributed by atoms with Crippen LogP contribution in [0.2, 0.25) is 0 Å². The number of amides is 1. The van der Waals surface area contributed by atoms with Crippen LogP contribution in [0.4, 0.5) is 4.39 Å². The molecule has 5 heteroatoms. The number of hydrogen-bond acceptors (Lipinski definition) is 3. The molecule has 1 aliphatic rings. The van der Waals surface area contributed by atoms with Crippen LogP contribution in [0, 0.1) is 17.7 Å². The molecular weight excluding hydrogens is 275 g/mol. The van der Waals surface area contributed by atoms with Crippen LogP contribution in [0.15, 0.2) is 18.2 Å². The van der Waals surface area contributed by atoms with Gasteiger partial charge in [-0.1, -0.05) is 11.8 Å². The fourth-order valence-electron chi connectivity index (χ4n) is 2.05. The van der Waals surface area contributed by atoms with Crippen molar-refractivity contribution in [3.05, 3.63) is 35.1 Å². The molecular formula is C15H17FN2OS. The molecule has 0 spiro atoms. The van der Waals surface area contributed by atoms with Crippen molar-refractivity contribution in [2.24, 2.45) is 5.73 Å². The zero-order chi connectivity index (χ0) is 14.4. The summed E-state index contributed by atoms with van der Waals surface area (Å²) in [7, 11) is 0. The maximum atomic E-state index is 13.9. The quantitative estimate of drug-likeness (QED) is 0.817. The molecule has 1 aliphatic heterocycles. The van der Waals surface area contributed by atoms with Crippen LogP contribution in [-0.2, 0) is 0 Å². The van der Waals surface area contributed by atoms with Gasteiger partial charge in [0.15, 0.2) is 0 Å². The molecule has 1 unspecified atom stereocenters. The van der Waals surface area contributed by atoms with Crippen LogP contribution in [0.5, 0.6) is 0 Å². The van der Waals surface area contributed by atoms with Gasteiger partial charge in [0.05, 0.1) is 12.1 Å². The standard InChI is InChI=1S/C15H17FN2OS/c16-14-9-11(3-1-7-17)5-6-13(14)15(19)18-12-4-2-8-20-10-12/h5-6,9,12H,2,4,7-8,10,17H2,(H,18,19). The van der Waals surface area contributed by atoms with E-state index in [0.717, 1.165) is 24.3 Å². The van der Waals surface area contributed by atoms with Crippen molar-refractivity contribution in [1.82, 2.24) is 5.32 Å². The normalized spacial score (nSPS) is 18.0. The monoisotopic (exact) mass is 292 g/mol. The molecule has 106 valence electrons. The Morgan fingerprint density at radius 1 is 1.55 bits per heavy atom. The van der Waals surface area contributed by atoms with Crippen molar-refractivity contribution in [3.8, 4) is 11.8 Å². The summed E-state index contributed by atoms with van der Waals surface area (Å²) >= 11 is 1.82. The molecule has 1 saturated heterocycles. The van der Waals surface area contributed by atoms with Crippen molar-refractivity contribution in [2.45, 2.75) is 18.9 Å². The number of hydrogen-bond donors (Lipinski definition) is 2. The third kappa shape index (κ3) is 3.99. The van der Waals surface area contributed by atoms with Crippen LogP contribution in [0.1, 0.15) is 28.8 Å². The van der Waals surface area contributed by atoms with Gasteiger partial charge in [-0.15, -0.1) is 0 Å². The highest BCUT2D eigenvalue weighted by Crippen LogP contribution is 2.18. The van der Waals surface area contributed by atoms with E-state index in [-0.39, 0.29) is 24.1 Å². The first-order valence-corrected chi connectivity index (χ1v) is 7.73. The minimum absolute atomic E-state index is 0.0684. The van der Waals surface area contributed by atoms with Gasteiger partial charge in [0.2, 0.25) is 0 Å². The highest BCUT2D eigenvalue weighted by Gasteiger charge is 2.19. The number of rotatable bonds is 2. The molecule has 1 heterocycles. The predicted molar refractivity (Wildman–Crippen MR) is 80.1 cm³/mol. The molecule has 1 amide bonds. The van der Waals surface area contributed by atoms with Gasteiger partial charge in [-0.3, -0.25) is 4.79 Å². The third-order valence-corrected chi connectivity index (χ3v) is 4.26. The number of nitrogens with two attached hydrogens (primary N) is 1. The number of carbonyl (C=O) groups excluding carboxylic acids is 1. The molecule has 3 N–H and O–H groups in total. The van der Waals surface area contributed by atoms with Gasteiger partial charge in [0, 0.05) is 17.4 Å². The Morgan fingerprint density at radius 2 is 2.40 bits per heavy atom. The fraction of sp³-hybridized carbons (Fsp3) is 0.400. The summed E-state index contributed by atoms with van der Waals surface area (Å²) < 4.78 is 13.9. The average molecular weight is 292 g/mol. The topological polar surface area (TPSA) is 55.1 Å². The van der Waals surface area contributed by atoms with Crippen LogP contribution >= 0.6 is 11.8 Å². The Hall–Kier alpha value is -1.51. The zero-order valence-corrected chi connectivity index (χ0v) is 11.9. The number of halogens is 1. The largest absolute Gasteiger partial charge is 0.348 e. The van der Waals surface area contributed by atoms with E-state index in [1.54, 1.807) is 6.07 Å². The van der Waals surface area contributed by atoms with Gasteiger partial charge in [0.1, 0.15) is 5.82 Å². The van der Waals surface area contributed by atoms with Gasteiger partial charge < -0.3 is 11.1 Å². The van der Waals surface area contributed by atoms with Crippen molar-refractivity contribution in [3.63, 3.8) is 0 Å². The van der Waals surface area contributed by atoms with E-state index >= 15 is 0 Å². The molecule has 0 aromatic heterocycles. The van der Waals surface area contributed by atoms with Crippen molar-refractivity contribution in [1.29, 1.82) is 0 Å². The summed E-state index contributed by atoms with van der Waals surface area (Å²) in [6.07, 6.45) is 2.05. The minimum Gasteiger partial charge on any atom is -0.348 e. The smallest absolute Gasteiger partial charge is 0.254 e. The van der Waals surface area contributed by atoms with Gasteiger partial charge in [0.25, 0.3) is 5.91 Å². The predicted octanol–water partition coefficient (Wildman–Crippen LogP) is 1.76. The van der Waals surface area contributed by atoms with E-state index in [2.05, 4.69) is 17.2 Å². The van der Waals surface area contributed by atoms with E-state index in [0.29, 0.717) is 5.56 Å². The lowest BCUT2D eigenvalue weighted by molar-refractivity contribution is 0.0934. The van der Waals surface area contributed by atoms with Crippen LogP contribution in [0.25, 0.3) is 0 Å². The molecule has 1 aromatic rings. The lowest BCUT2D eigenvalue weighted by Crippen LogP contribution is -2.38. The summed E-state index contributed by atoms with van der Waals surface area (Å²) in [4.78, 5) is 12.0. The molecule has 0 aliphatic carbocycles. The van der Waals surface area contributed by atoms with Gasteiger partial charge in [-0.2, -0.15) is 11.8 Å². The SMILES string of the molecule is NCC#Cc1ccc(C(=O)NC2CCCSC2)c(F)c1. The first kappa shape index (κ1) is 14.9. The highest BCUT2D eigenvalue weighted by molar-refractivity contribution is 7.99. The number of thioether (sulfide) groups is 1. The molecule has 0 radical (unpaired) electrons. The summed E-state index contributed by atoms with van der Waals surface area (Å²) in [6.45, 7) is 0.225. The Balaban J connectivity index is 2.05. The molecule has 0 bridgehead atoms. The van der Waals surface area contributed by atoms with Crippen molar-refractivity contribution < 1.29 is 9.18 Å². The van der Waals surface area contributed by atoms with E-state index < -0.39 is 5.82 Å². The first-order valence-electron chi connectivity index (χ1n) is 6.58. The van der Waals surface area contributed by atoms with E-state index in [4.69, 9.17) is 5.73 Å². The summed E-state index contributed by atoms with van der Waals surface area (Å²) in [5.74, 6) is 6.53. The number of nitrogens with one attached hydrogen (secondary N) is 1.